The molecule has 118 valence electrons. The van der Waals surface area contributed by atoms with Gasteiger partial charge < -0.3 is 14.8 Å². The Labute approximate surface area is 131 Å². The van der Waals surface area contributed by atoms with Gasteiger partial charge in [-0.25, -0.2) is 0 Å². The molecule has 0 heterocycles. The Bertz CT molecular complexity index is 471. The molecule has 0 radical (unpaired) electrons. The first-order chi connectivity index (χ1) is 10.1. The highest BCUT2D eigenvalue weighted by atomic mass is 35.5. The molecule has 0 saturated carbocycles. The molecule has 4 nitrogen and oxygen atoms in total. The topological polar surface area (TPSA) is 47.6 Å². The van der Waals surface area contributed by atoms with Gasteiger partial charge in [-0.2, -0.15) is 0 Å². The largest absolute Gasteiger partial charge is 0.495 e. The summed E-state index contributed by atoms with van der Waals surface area (Å²) in [5.74, 6) is 1.09. The molecule has 0 aromatic heterocycles. The minimum absolute atomic E-state index is 0.0123. The third kappa shape index (κ3) is 4.81. The molecule has 1 aromatic carbocycles. The lowest BCUT2D eigenvalue weighted by atomic mass is 9.97. The van der Waals surface area contributed by atoms with Crippen molar-refractivity contribution in [2.45, 2.75) is 39.5 Å². The number of amides is 1. The molecular formula is C16H24ClNO3. The molecule has 1 N–H and O–H groups in total. The van der Waals surface area contributed by atoms with E-state index >= 15 is 0 Å². The lowest BCUT2D eigenvalue weighted by molar-refractivity contribution is -0.120. The molecule has 0 unspecified atom stereocenters. The van der Waals surface area contributed by atoms with Crippen molar-refractivity contribution >= 4 is 23.2 Å². The third-order valence-electron chi connectivity index (χ3n) is 3.38. The number of rotatable bonds is 8. The molecule has 0 aliphatic rings. The first-order valence-corrected chi connectivity index (χ1v) is 7.67. The van der Waals surface area contributed by atoms with Gasteiger partial charge in [0.2, 0.25) is 5.91 Å². The molecule has 1 aromatic rings. The predicted molar refractivity (Wildman–Crippen MR) is 86.5 cm³/mol. The smallest absolute Gasteiger partial charge is 0.227 e. The van der Waals surface area contributed by atoms with Crippen LogP contribution in [0, 0.1) is 5.92 Å². The van der Waals surface area contributed by atoms with Gasteiger partial charge in [0, 0.05) is 12.0 Å². The quantitative estimate of drug-likeness (QED) is 0.768. The van der Waals surface area contributed by atoms with Gasteiger partial charge >= 0.3 is 0 Å². The van der Waals surface area contributed by atoms with Crippen molar-refractivity contribution < 1.29 is 14.3 Å². The molecule has 0 spiro atoms. The van der Waals surface area contributed by atoms with Crippen molar-refractivity contribution in [3.8, 4) is 11.5 Å². The fourth-order valence-corrected chi connectivity index (χ4v) is 2.54. The van der Waals surface area contributed by atoms with E-state index in [1.807, 2.05) is 0 Å². The summed E-state index contributed by atoms with van der Waals surface area (Å²) in [5, 5.41) is 3.36. The monoisotopic (exact) mass is 313 g/mol. The second-order valence-corrected chi connectivity index (χ2v) is 5.36. The number of benzene rings is 1. The van der Waals surface area contributed by atoms with Crippen LogP contribution >= 0.6 is 11.6 Å². The maximum absolute atomic E-state index is 12.4. The van der Waals surface area contributed by atoms with Gasteiger partial charge in [-0.1, -0.05) is 38.3 Å². The molecule has 0 fully saturated rings. The summed E-state index contributed by atoms with van der Waals surface area (Å²) in [6.45, 7) is 4.17. The molecule has 0 saturated heterocycles. The van der Waals surface area contributed by atoms with E-state index in [1.54, 1.807) is 19.2 Å². The van der Waals surface area contributed by atoms with Crippen molar-refractivity contribution in [3.05, 3.63) is 17.2 Å². The van der Waals surface area contributed by atoms with Crippen molar-refractivity contribution in [2.75, 3.05) is 19.5 Å². The van der Waals surface area contributed by atoms with Gasteiger partial charge in [-0.05, 0) is 18.9 Å². The fraction of sp³-hybridized carbons (Fsp3) is 0.562. The lowest BCUT2D eigenvalue weighted by Crippen LogP contribution is -2.23. The number of hydrogen-bond acceptors (Lipinski definition) is 3. The second kappa shape index (κ2) is 8.78. The number of methoxy groups -OCH3 is 2. The fourth-order valence-electron chi connectivity index (χ4n) is 2.30. The minimum Gasteiger partial charge on any atom is -0.495 e. The van der Waals surface area contributed by atoms with Gasteiger partial charge in [-0.3, -0.25) is 4.79 Å². The highest BCUT2D eigenvalue weighted by Gasteiger charge is 2.19. The highest BCUT2D eigenvalue weighted by molar-refractivity contribution is 6.32. The highest BCUT2D eigenvalue weighted by Crippen LogP contribution is 2.36. The number of anilines is 1. The number of ether oxygens (including phenoxy) is 2. The first-order valence-electron chi connectivity index (χ1n) is 7.29. The van der Waals surface area contributed by atoms with Gasteiger partial charge in [0.05, 0.1) is 24.9 Å². The second-order valence-electron chi connectivity index (χ2n) is 4.95. The molecule has 1 amide bonds. The molecule has 21 heavy (non-hydrogen) atoms. The average molecular weight is 314 g/mol. The normalized spacial score (nSPS) is 10.6. The van der Waals surface area contributed by atoms with Crippen LogP contribution in [-0.2, 0) is 4.79 Å². The van der Waals surface area contributed by atoms with E-state index in [0.29, 0.717) is 22.2 Å². The van der Waals surface area contributed by atoms with Crippen molar-refractivity contribution in [1.29, 1.82) is 0 Å². The summed E-state index contributed by atoms with van der Waals surface area (Å²) in [6.07, 6.45) is 3.73. The predicted octanol–water partition coefficient (Wildman–Crippen LogP) is 4.51. The van der Waals surface area contributed by atoms with E-state index < -0.39 is 0 Å². The van der Waals surface area contributed by atoms with Crippen LogP contribution in [0.1, 0.15) is 39.5 Å². The van der Waals surface area contributed by atoms with E-state index in [1.165, 1.54) is 7.11 Å². The summed E-state index contributed by atoms with van der Waals surface area (Å²) < 4.78 is 10.4. The average Bonchev–Trinajstić information content (AvgIpc) is 2.47. The van der Waals surface area contributed by atoms with Crippen LogP contribution in [0.15, 0.2) is 12.1 Å². The maximum Gasteiger partial charge on any atom is 0.227 e. The van der Waals surface area contributed by atoms with Gasteiger partial charge in [0.25, 0.3) is 0 Å². The number of carbonyl (C=O) groups is 1. The Balaban J connectivity index is 2.95. The van der Waals surface area contributed by atoms with Crippen LogP contribution in [0.4, 0.5) is 5.69 Å². The Kier molecular flexibility index (Phi) is 7.37. The van der Waals surface area contributed by atoms with Gasteiger partial charge in [-0.15, -0.1) is 0 Å². The standard InChI is InChI=1S/C16H24ClNO3/c1-5-7-11(8-6-2)16(19)18-13-9-12(17)14(20-3)10-15(13)21-4/h9-11H,5-8H2,1-4H3,(H,18,19). The van der Waals surface area contributed by atoms with Crippen LogP contribution < -0.4 is 14.8 Å². The van der Waals surface area contributed by atoms with E-state index in [-0.39, 0.29) is 11.8 Å². The lowest BCUT2D eigenvalue weighted by Gasteiger charge is -2.17. The maximum atomic E-state index is 12.4. The Hall–Kier alpha value is -1.42. The number of hydrogen-bond donors (Lipinski definition) is 1. The van der Waals surface area contributed by atoms with Crippen molar-refractivity contribution in [2.24, 2.45) is 5.92 Å². The van der Waals surface area contributed by atoms with Crippen LogP contribution in [0.25, 0.3) is 0 Å². The molecule has 0 bridgehead atoms. The molecule has 0 aliphatic heterocycles. The zero-order chi connectivity index (χ0) is 15.8. The zero-order valence-corrected chi connectivity index (χ0v) is 13.9. The molecule has 1 rings (SSSR count). The SMILES string of the molecule is CCCC(CCC)C(=O)Nc1cc(Cl)c(OC)cc1OC. The van der Waals surface area contributed by atoms with Gasteiger partial charge in [0.15, 0.2) is 0 Å². The van der Waals surface area contributed by atoms with E-state index in [4.69, 9.17) is 21.1 Å². The number of halogens is 1. The van der Waals surface area contributed by atoms with Crippen LogP contribution in [-0.4, -0.2) is 20.1 Å². The van der Waals surface area contributed by atoms with Crippen LogP contribution in [0.3, 0.4) is 0 Å². The Morgan fingerprint density at radius 1 is 1.14 bits per heavy atom. The van der Waals surface area contributed by atoms with E-state index in [2.05, 4.69) is 19.2 Å². The summed E-state index contributed by atoms with van der Waals surface area (Å²) in [6, 6.07) is 3.33. The minimum atomic E-state index is 0.0123. The summed E-state index contributed by atoms with van der Waals surface area (Å²) in [4.78, 5) is 12.4. The van der Waals surface area contributed by atoms with E-state index in [0.717, 1.165) is 25.7 Å². The third-order valence-corrected chi connectivity index (χ3v) is 3.67. The first kappa shape index (κ1) is 17.6. The Morgan fingerprint density at radius 2 is 1.71 bits per heavy atom. The molecular weight excluding hydrogens is 290 g/mol. The summed E-state index contributed by atoms with van der Waals surface area (Å²) in [7, 11) is 3.09. The van der Waals surface area contributed by atoms with Crippen LogP contribution in [0.2, 0.25) is 5.02 Å². The molecule has 5 heteroatoms. The summed E-state index contributed by atoms with van der Waals surface area (Å²) >= 11 is 6.11. The Morgan fingerprint density at radius 3 is 2.19 bits per heavy atom. The van der Waals surface area contributed by atoms with Gasteiger partial charge in [0.1, 0.15) is 11.5 Å². The van der Waals surface area contributed by atoms with Crippen LogP contribution in [0.5, 0.6) is 11.5 Å². The number of carbonyl (C=O) groups excluding carboxylic acids is 1. The zero-order valence-electron chi connectivity index (χ0n) is 13.2. The van der Waals surface area contributed by atoms with Crippen molar-refractivity contribution in [1.82, 2.24) is 0 Å². The molecule has 0 atom stereocenters. The number of nitrogens with one attached hydrogen (secondary N) is 1. The molecule has 0 aliphatic carbocycles. The van der Waals surface area contributed by atoms with Crippen molar-refractivity contribution in [3.63, 3.8) is 0 Å². The summed E-state index contributed by atoms with van der Waals surface area (Å²) in [5.41, 5.74) is 0.575. The van der Waals surface area contributed by atoms with E-state index in [9.17, 15) is 4.79 Å².